The van der Waals surface area contributed by atoms with E-state index < -0.39 is 11.5 Å². The van der Waals surface area contributed by atoms with E-state index in [1.54, 1.807) is 7.11 Å². The molecule has 4 atom stereocenters. The van der Waals surface area contributed by atoms with Gasteiger partial charge in [-0.05, 0) is 13.0 Å². The Morgan fingerprint density at radius 3 is 2.75 bits per heavy atom. The van der Waals surface area contributed by atoms with Gasteiger partial charge < -0.3 is 9.47 Å². The number of amides is 2. The first-order valence-electron chi connectivity index (χ1n) is 5.26. The number of hydrogen-bond acceptors (Lipinski definition) is 4. The van der Waals surface area contributed by atoms with Crippen LogP contribution in [0.25, 0.3) is 0 Å². The van der Waals surface area contributed by atoms with Crippen molar-refractivity contribution in [1.29, 1.82) is 0 Å². The molecule has 0 aromatic heterocycles. The topological polar surface area (TPSA) is 55.8 Å². The molecule has 0 aliphatic carbocycles. The fraction of sp³-hybridized carbons (Fsp3) is 0.636. The zero-order chi connectivity index (χ0) is 11.7. The van der Waals surface area contributed by atoms with Crippen LogP contribution >= 0.6 is 0 Å². The maximum Gasteiger partial charge on any atom is 0.236 e. The third-order valence-electron chi connectivity index (χ3n) is 3.92. The number of nitrogens with zero attached hydrogens (tertiary/aromatic N) is 1. The van der Waals surface area contributed by atoms with Gasteiger partial charge in [-0.1, -0.05) is 0 Å². The lowest BCUT2D eigenvalue weighted by molar-refractivity contribution is -0.142. The molecule has 5 heteroatoms. The molecule has 3 aliphatic heterocycles. The first-order chi connectivity index (χ1) is 7.50. The molecule has 0 aromatic carbocycles. The molecule has 3 aliphatic rings. The van der Waals surface area contributed by atoms with Gasteiger partial charge in [0.1, 0.15) is 11.4 Å². The van der Waals surface area contributed by atoms with Gasteiger partial charge in [-0.25, -0.2) is 0 Å². The Morgan fingerprint density at radius 2 is 2.12 bits per heavy atom. The van der Waals surface area contributed by atoms with E-state index in [9.17, 15) is 9.59 Å². The third-order valence-corrected chi connectivity index (χ3v) is 3.92. The second-order valence-electron chi connectivity index (χ2n) is 4.66. The fourth-order valence-corrected chi connectivity index (χ4v) is 3.11. The molecule has 16 heavy (non-hydrogen) atoms. The van der Waals surface area contributed by atoms with Crippen LogP contribution in [-0.4, -0.2) is 42.6 Å². The van der Waals surface area contributed by atoms with E-state index in [-0.39, 0.29) is 23.8 Å². The summed E-state index contributed by atoms with van der Waals surface area (Å²) in [5.74, 6) is -0.427. The van der Waals surface area contributed by atoms with Crippen LogP contribution < -0.4 is 0 Å². The predicted octanol–water partition coefficient (Wildman–Crippen LogP) is -0.0812. The Hall–Kier alpha value is -1.36. The van der Waals surface area contributed by atoms with Crippen LogP contribution in [0.4, 0.5) is 0 Å². The normalized spacial score (nSPS) is 45.1. The molecule has 2 bridgehead atoms. The summed E-state index contributed by atoms with van der Waals surface area (Å²) in [5, 5.41) is 0. The van der Waals surface area contributed by atoms with Crippen LogP contribution in [0.1, 0.15) is 6.92 Å². The zero-order valence-corrected chi connectivity index (χ0v) is 9.39. The Morgan fingerprint density at radius 1 is 1.44 bits per heavy atom. The van der Waals surface area contributed by atoms with Crippen LogP contribution in [0.5, 0.6) is 0 Å². The number of imide groups is 1. The highest BCUT2D eigenvalue weighted by Gasteiger charge is 2.68. The van der Waals surface area contributed by atoms with E-state index in [1.165, 1.54) is 11.9 Å². The van der Waals surface area contributed by atoms with E-state index in [0.717, 1.165) is 0 Å². The Balaban J connectivity index is 2.10. The standard InChI is InChI=1S/C11H13NO4/c1-11-6(15-3)4-5(16-11)7-8(11)10(14)12(2)9(7)13/h4-5,7-8H,1-3H3. The van der Waals surface area contributed by atoms with E-state index >= 15 is 0 Å². The number of carbonyl (C=O) groups is 2. The van der Waals surface area contributed by atoms with Gasteiger partial charge in [0.05, 0.1) is 25.0 Å². The maximum absolute atomic E-state index is 12.0. The van der Waals surface area contributed by atoms with E-state index in [4.69, 9.17) is 9.47 Å². The summed E-state index contributed by atoms with van der Waals surface area (Å²) in [6.45, 7) is 1.82. The molecular formula is C11H13NO4. The summed E-state index contributed by atoms with van der Waals surface area (Å²) < 4.78 is 11.0. The van der Waals surface area contributed by atoms with Crippen molar-refractivity contribution >= 4 is 11.8 Å². The molecule has 2 fully saturated rings. The second-order valence-corrected chi connectivity index (χ2v) is 4.66. The minimum Gasteiger partial charge on any atom is -0.498 e. The minimum atomic E-state index is -0.762. The quantitative estimate of drug-likeness (QED) is 0.583. The fourth-order valence-electron chi connectivity index (χ4n) is 3.11. The molecule has 0 saturated carbocycles. The highest BCUT2D eigenvalue weighted by atomic mass is 16.6. The molecular weight excluding hydrogens is 210 g/mol. The molecule has 86 valence electrons. The van der Waals surface area contributed by atoms with E-state index in [0.29, 0.717) is 5.76 Å². The van der Waals surface area contributed by atoms with Crippen molar-refractivity contribution in [2.24, 2.45) is 11.8 Å². The lowest BCUT2D eigenvalue weighted by atomic mass is 9.77. The number of rotatable bonds is 1. The van der Waals surface area contributed by atoms with Gasteiger partial charge >= 0.3 is 0 Å². The first kappa shape index (κ1) is 9.84. The van der Waals surface area contributed by atoms with Crippen molar-refractivity contribution in [2.45, 2.75) is 18.6 Å². The summed E-state index contributed by atoms with van der Waals surface area (Å²) in [4.78, 5) is 25.1. The smallest absolute Gasteiger partial charge is 0.236 e. The summed E-state index contributed by atoms with van der Waals surface area (Å²) in [5.41, 5.74) is -0.762. The number of methoxy groups -OCH3 is 1. The van der Waals surface area contributed by atoms with Crippen molar-refractivity contribution in [3.05, 3.63) is 11.8 Å². The maximum atomic E-state index is 12.0. The van der Waals surface area contributed by atoms with Gasteiger partial charge in [0.15, 0.2) is 0 Å². The van der Waals surface area contributed by atoms with Gasteiger partial charge in [0.25, 0.3) is 0 Å². The highest BCUT2D eigenvalue weighted by molar-refractivity contribution is 6.06. The van der Waals surface area contributed by atoms with Crippen LogP contribution in [0.2, 0.25) is 0 Å². The molecule has 0 radical (unpaired) electrons. The van der Waals surface area contributed by atoms with E-state index in [1.807, 2.05) is 13.0 Å². The summed E-state index contributed by atoms with van der Waals surface area (Å²) in [6.07, 6.45) is 1.50. The highest BCUT2D eigenvalue weighted by Crippen LogP contribution is 2.54. The van der Waals surface area contributed by atoms with Gasteiger partial charge in [0.2, 0.25) is 11.8 Å². The van der Waals surface area contributed by atoms with Crippen LogP contribution in [0.3, 0.4) is 0 Å². The van der Waals surface area contributed by atoms with E-state index in [2.05, 4.69) is 0 Å². The van der Waals surface area contributed by atoms with Gasteiger partial charge in [0, 0.05) is 7.05 Å². The zero-order valence-electron chi connectivity index (χ0n) is 9.39. The number of carbonyl (C=O) groups excluding carboxylic acids is 2. The van der Waals surface area contributed by atoms with Crippen molar-refractivity contribution in [1.82, 2.24) is 4.90 Å². The average Bonchev–Trinajstić information content (AvgIpc) is 2.81. The number of ether oxygens (including phenoxy) is 2. The summed E-state index contributed by atoms with van der Waals surface area (Å²) >= 11 is 0. The van der Waals surface area contributed by atoms with Gasteiger partial charge in [-0.15, -0.1) is 0 Å². The van der Waals surface area contributed by atoms with Crippen molar-refractivity contribution in [3.63, 3.8) is 0 Å². The molecule has 3 heterocycles. The van der Waals surface area contributed by atoms with Crippen molar-refractivity contribution in [3.8, 4) is 0 Å². The monoisotopic (exact) mass is 223 g/mol. The lowest BCUT2D eigenvalue weighted by Crippen LogP contribution is -2.40. The van der Waals surface area contributed by atoms with Crippen molar-refractivity contribution < 1.29 is 19.1 Å². The lowest BCUT2D eigenvalue weighted by Gasteiger charge is -2.28. The summed E-state index contributed by atoms with van der Waals surface area (Å²) in [6, 6.07) is 0. The Kier molecular flexibility index (Phi) is 1.63. The molecule has 2 saturated heterocycles. The number of hydrogen-bond donors (Lipinski definition) is 0. The largest absolute Gasteiger partial charge is 0.498 e. The minimum absolute atomic E-state index is 0.143. The van der Waals surface area contributed by atoms with Gasteiger partial charge in [-0.3, -0.25) is 14.5 Å². The van der Waals surface area contributed by atoms with Crippen molar-refractivity contribution in [2.75, 3.05) is 14.2 Å². The molecule has 4 unspecified atom stereocenters. The molecule has 0 N–H and O–H groups in total. The Bertz CT molecular complexity index is 430. The molecule has 3 rings (SSSR count). The third kappa shape index (κ3) is 0.822. The molecule has 0 aromatic rings. The Labute approximate surface area is 93.0 Å². The molecule has 5 nitrogen and oxygen atoms in total. The first-order valence-corrected chi connectivity index (χ1v) is 5.26. The SMILES string of the molecule is COC1=CC2OC1(C)C1C(=O)N(C)C(=O)C21. The molecule has 0 spiro atoms. The van der Waals surface area contributed by atoms with Crippen LogP contribution in [0.15, 0.2) is 11.8 Å². The second kappa shape index (κ2) is 2.66. The van der Waals surface area contributed by atoms with Gasteiger partial charge in [-0.2, -0.15) is 0 Å². The average molecular weight is 223 g/mol. The molecule has 2 amide bonds. The van der Waals surface area contributed by atoms with Crippen LogP contribution in [0, 0.1) is 11.8 Å². The van der Waals surface area contributed by atoms with Crippen LogP contribution in [-0.2, 0) is 19.1 Å². The predicted molar refractivity (Wildman–Crippen MR) is 53.1 cm³/mol. The number of likely N-dealkylation sites (tertiary alicyclic amines) is 1. The number of fused-ring (bicyclic) bond motifs is 5. The summed E-state index contributed by atoms with van der Waals surface area (Å²) in [7, 11) is 3.08.